The molecule has 0 saturated heterocycles. The molecule has 0 aromatic carbocycles. The van der Waals surface area contributed by atoms with Crippen LogP contribution in [0, 0.1) is 0 Å². The number of amides is 1. The Kier molecular flexibility index (Phi) is 5.60. The summed E-state index contributed by atoms with van der Waals surface area (Å²) in [6.07, 6.45) is -0.492. The van der Waals surface area contributed by atoms with Gasteiger partial charge in [-0.1, -0.05) is 0 Å². The van der Waals surface area contributed by atoms with E-state index in [0.29, 0.717) is 0 Å². The van der Waals surface area contributed by atoms with Crippen LogP contribution in [-0.4, -0.2) is 39.6 Å². The average molecular weight is 246 g/mol. The molecule has 0 radical (unpaired) electrons. The van der Waals surface area contributed by atoms with Crippen molar-refractivity contribution in [2.24, 2.45) is 5.73 Å². The lowest BCUT2D eigenvalue weighted by Crippen LogP contribution is -2.45. The molecular weight excluding hydrogens is 228 g/mol. The second-order valence-corrected chi connectivity index (χ2v) is 4.56. The number of hydrogen-bond acceptors (Lipinski definition) is 4. The molecule has 0 saturated carbocycles. The minimum absolute atomic E-state index is 0.0240. The van der Waals surface area contributed by atoms with Crippen LogP contribution in [0.2, 0.25) is 0 Å². The maximum atomic E-state index is 11.4. The fourth-order valence-electron chi connectivity index (χ4n) is 1.18. The fourth-order valence-corrected chi connectivity index (χ4v) is 1.18. The normalized spacial score (nSPS) is 12.9. The Morgan fingerprint density at radius 1 is 1.29 bits per heavy atom. The molecule has 0 heterocycles. The first kappa shape index (κ1) is 15.4. The zero-order chi connectivity index (χ0) is 13.6. The number of carboxylic acids is 2. The standard InChI is InChI=1S/C10H18N2O5/c1-10(2,11)5-7(13)12-6(9(16)17)3-4-8(14)15/h6H,3-5,11H2,1-2H3,(H,12,13)(H,14,15)(H,16,17). The van der Waals surface area contributed by atoms with Gasteiger partial charge in [0.15, 0.2) is 0 Å². The van der Waals surface area contributed by atoms with E-state index in [1.54, 1.807) is 13.8 Å². The van der Waals surface area contributed by atoms with E-state index >= 15 is 0 Å². The number of nitrogens with one attached hydrogen (secondary N) is 1. The van der Waals surface area contributed by atoms with Crippen molar-refractivity contribution in [2.45, 2.75) is 44.7 Å². The first-order chi connectivity index (χ1) is 7.61. The van der Waals surface area contributed by atoms with Gasteiger partial charge in [-0.15, -0.1) is 0 Å². The van der Waals surface area contributed by atoms with Crippen LogP contribution in [0.5, 0.6) is 0 Å². The summed E-state index contributed by atoms with van der Waals surface area (Å²) in [6, 6.07) is -1.19. The number of rotatable bonds is 7. The number of carbonyl (C=O) groups excluding carboxylic acids is 1. The van der Waals surface area contributed by atoms with Crippen LogP contribution in [0.15, 0.2) is 0 Å². The Bertz CT molecular complexity index is 308. The molecule has 1 atom stereocenters. The molecule has 0 bridgehead atoms. The predicted octanol–water partition coefficient (Wildman–Crippen LogP) is -0.452. The van der Waals surface area contributed by atoms with Crippen molar-refractivity contribution >= 4 is 17.8 Å². The summed E-state index contributed by atoms with van der Waals surface area (Å²) < 4.78 is 0. The summed E-state index contributed by atoms with van der Waals surface area (Å²) in [7, 11) is 0. The molecular formula is C10H18N2O5. The zero-order valence-electron chi connectivity index (χ0n) is 9.90. The van der Waals surface area contributed by atoms with Crippen molar-refractivity contribution in [3.8, 4) is 0 Å². The third-order valence-electron chi connectivity index (χ3n) is 1.90. The Hall–Kier alpha value is -1.63. The van der Waals surface area contributed by atoms with E-state index in [2.05, 4.69) is 5.32 Å². The number of aliphatic carboxylic acids is 2. The molecule has 0 aliphatic heterocycles. The van der Waals surface area contributed by atoms with Crippen LogP contribution in [-0.2, 0) is 14.4 Å². The Morgan fingerprint density at radius 3 is 2.18 bits per heavy atom. The molecule has 0 rings (SSSR count). The maximum absolute atomic E-state index is 11.4. The summed E-state index contributed by atoms with van der Waals surface area (Å²) in [5.41, 5.74) is 4.87. The van der Waals surface area contributed by atoms with Crippen LogP contribution in [0.1, 0.15) is 33.1 Å². The zero-order valence-corrected chi connectivity index (χ0v) is 9.90. The molecule has 7 heteroatoms. The lowest BCUT2D eigenvalue weighted by molar-refractivity contribution is -0.143. The van der Waals surface area contributed by atoms with Crippen molar-refractivity contribution < 1.29 is 24.6 Å². The Labute approximate surface area is 99.0 Å². The SMILES string of the molecule is CC(C)(N)CC(=O)NC(CCC(=O)O)C(=O)O. The molecule has 0 fully saturated rings. The largest absolute Gasteiger partial charge is 0.481 e. The second-order valence-electron chi connectivity index (χ2n) is 4.56. The van der Waals surface area contributed by atoms with Gasteiger partial charge in [0.25, 0.3) is 0 Å². The van der Waals surface area contributed by atoms with E-state index in [1.807, 2.05) is 0 Å². The number of hydrogen-bond donors (Lipinski definition) is 4. The molecule has 0 aliphatic rings. The first-order valence-electron chi connectivity index (χ1n) is 5.14. The minimum atomic E-state index is -1.26. The molecule has 1 amide bonds. The summed E-state index contributed by atoms with van der Waals surface area (Å²) >= 11 is 0. The highest BCUT2D eigenvalue weighted by Gasteiger charge is 2.23. The third-order valence-corrected chi connectivity index (χ3v) is 1.90. The van der Waals surface area contributed by atoms with E-state index in [-0.39, 0.29) is 19.3 Å². The van der Waals surface area contributed by atoms with Gasteiger partial charge in [-0.05, 0) is 20.3 Å². The van der Waals surface area contributed by atoms with Gasteiger partial charge in [0, 0.05) is 18.4 Å². The van der Waals surface area contributed by atoms with Gasteiger partial charge < -0.3 is 21.3 Å². The van der Waals surface area contributed by atoms with E-state index in [0.717, 1.165) is 0 Å². The maximum Gasteiger partial charge on any atom is 0.326 e. The van der Waals surface area contributed by atoms with Gasteiger partial charge in [0.05, 0.1) is 0 Å². The number of carbonyl (C=O) groups is 3. The van der Waals surface area contributed by atoms with Crippen LogP contribution in [0.3, 0.4) is 0 Å². The van der Waals surface area contributed by atoms with Gasteiger partial charge in [-0.2, -0.15) is 0 Å². The predicted molar refractivity (Wildman–Crippen MR) is 59.3 cm³/mol. The molecule has 17 heavy (non-hydrogen) atoms. The van der Waals surface area contributed by atoms with Crippen LogP contribution >= 0.6 is 0 Å². The van der Waals surface area contributed by atoms with Crippen LogP contribution in [0.4, 0.5) is 0 Å². The molecule has 98 valence electrons. The second kappa shape index (κ2) is 6.19. The summed E-state index contributed by atoms with van der Waals surface area (Å²) in [6.45, 7) is 3.28. The highest BCUT2D eigenvalue weighted by Crippen LogP contribution is 2.05. The third kappa shape index (κ3) is 8.21. The van der Waals surface area contributed by atoms with Crippen molar-refractivity contribution in [1.29, 1.82) is 0 Å². The van der Waals surface area contributed by atoms with E-state index in [1.165, 1.54) is 0 Å². The van der Waals surface area contributed by atoms with Gasteiger partial charge >= 0.3 is 11.9 Å². The lowest BCUT2D eigenvalue weighted by atomic mass is 10.0. The average Bonchev–Trinajstić information content (AvgIpc) is 2.08. The Morgan fingerprint density at radius 2 is 1.82 bits per heavy atom. The highest BCUT2D eigenvalue weighted by atomic mass is 16.4. The molecule has 0 aliphatic carbocycles. The van der Waals surface area contributed by atoms with Gasteiger partial charge in [0.1, 0.15) is 6.04 Å². The summed E-state index contributed by atoms with van der Waals surface area (Å²) in [5, 5.41) is 19.5. The quantitative estimate of drug-likeness (QED) is 0.481. The monoisotopic (exact) mass is 246 g/mol. The molecule has 5 N–H and O–H groups in total. The van der Waals surface area contributed by atoms with Crippen molar-refractivity contribution in [3.05, 3.63) is 0 Å². The molecule has 0 spiro atoms. The van der Waals surface area contributed by atoms with E-state index in [9.17, 15) is 14.4 Å². The van der Waals surface area contributed by atoms with Gasteiger partial charge in [-0.25, -0.2) is 4.79 Å². The van der Waals surface area contributed by atoms with Crippen molar-refractivity contribution in [2.75, 3.05) is 0 Å². The number of carboxylic acid groups (broad SMARTS) is 2. The lowest BCUT2D eigenvalue weighted by Gasteiger charge is -2.20. The summed E-state index contributed by atoms with van der Waals surface area (Å²) in [5.74, 6) is -2.87. The molecule has 7 nitrogen and oxygen atoms in total. The van der Waals surface area contributed by atoms with Crippen molar-refractivity contribution in [3.63, 3.8) is 0 Å². The number of nitrogens with two attached hydrogens (primary N) is 1. The smallest absolute Gasteiger partial charge is 0.326 e. The highest BCUT2D eigenvalue weighted by molar-refractivity contribution is 5.84. The molecule has 0 aromatic rings. The summed E-state index contributed by atoms with van der Waals surface area (Å²) in [4.78, 5) is 32.5. The van der Waals surface area contributed by atoms with E-state index in [4.69, 9.17) is 15.9 Å². The molecule has 0 aromatic heterocycles. The topological polar surface area (TPSA) is 130 Å². The van der Waals surface area contributed by atoms with Gasteiger partial charge in [-0.3, -0.25) is 9.59 Å². The van der Waals surface area contributed by atoms with Crippen LogP contribution in [0.25, 0.3) is 0 Å². The minimum Gasteiger partial charge on any atom is -0.481 e. The van der Waals surface area contributed by atoms with Crippen molar-refractivity contribution in [1.82, 2.24) is 5.32 Å². The van der Waals surface area contributed by atoms with Gasteiger partial charge in [0.2, 0.25) is 5.91 Å². The molecule has 1 unspecified atom stereocenters. The fraction of sp³-hybridized carbons (Fsp3) is 0.700. The Balaban J connectivity index is 4.30. The van der Waals surface area contributed by atoms with Crippen LogP contribution < -0.4 is 11.1 Å². The first-order valence-corrected chi connectivity index (χ1v) is 5.14. The van der Waals surface area contributed by atoms with E-state index < -0.39 is 29.4 Å².